The summed E-state index contributed by atoms with van der Waals surface area (Å²) in [6, 6.07) is 0. The molecule has 2 aromatic rings. The molecule has 2 aromatic heterocycles. The van der Waals surface area contributed by atoms with Crippen LogP contribution in [0.25, 0.3) is 11.2 Å². The van der Waals surface area contributed by atoms with Gasteiger partial charge < -0.3 is 50.9 Å². The van der Waals surface area contributed by atoms with Crippen molar-refractivity contribution in [1.82, 2.24) is 19.9 Å². The van der Waals surface area contributed by atoms with Gasteiger partial charge in [-0.05, 0) is 0 Å². The molecule has 3 rings (SSSR count). The summed E-state index contributed by atoms with van der Waals surface area (Å²) < 4.78 is 59.6. The third kappa shape index (κ3) is 7.89. The molecule has 39 heavy (non-hydrogen) atoms. The van der Waals surface area contributed by atoms with E-state index in [4.69, 9.17) is 30.7 Å². The van der Waals surface area contributed by atoms with Crippen LogP contribution in [-0.4, -0.2) is 83.3 Å². The zero-order chi connectivity index (χ0) is 29.3. The minimum absolute atomic E-state index is 0.00914. The number of H-pyrrole nitrogens is 1. The standard InChI is InChI=1S/C14H24N7O15P3/c1-20-5-21(10-7(20)11(23)19-13(16)18-10)12-8(22)9(34-14(24)17-3-2-15)6(33-12)4-32-38(28,29)36-39(30,31)35-37(25,26)27/h5-6,8-9,12,22H,2-4,15H2,1H3,(H7-,16,17,18,19,23,24,25,26,27,28,29,30,31)/p+1/t6-,8-,9-,12-/m1/s1. The molecule has 1 amide bonds. The largest absolute Gasteiger partial charge is 0.490 e. The first-order valence-electron chi connectivity index (χ1n) is 10.5. The van der Waals surface area contributed by atoms with Gasteiger partial charge in [-0.25, -0.2) is 23.1 Å². The lowest BCUT2D eigenvalue weighted by atomic mass is 10.1. The number of nitrogens with zero attached hydrogens (tertiary/aromatic N) is 3. The number of aliphatic hydroxyl groups is 1. The van der Waals surface area contributed by atoms with Crippen molar-refractivity contribution < 1.29 is 70.4 Å². The third-order valence-electron chi connectivity index (χ3n) is 4.85. The number of nitrogens with two attached hydrogens (primary N) is 2. The highest BCUT2D eigenvalue weighted by Crippen LogP contribution is 2.66. The quantitative estimate of drug-likeness (QED) is 0.0877. The minimum Gasteiger partial charge on any atom is -0.440 e. The van der Waals surface area contributed by atoms with E-state index < -0.39 is 66.3 Å². The van der Waals surface area contributed by atoms with E-state index in [9.17, 15) is 38.2 Å². The Balaban J connectivity index is 1.88. The first-order chi connectivity index (χ1) is 17.9. The van der Waals surface area contributed by atoms with Crippen molar-refractivity contribution in [2.45, 2.75) is 24.5 Å². The number of aliphatic hydroxyl groups excluding tert-OH is 1. The predicted octanol–water partition coefficient (Wildman–Crippen LogP) is -3.21. The van der Waals surface area contributed by atoms with Crippen molar-refractivity contribution in [2.24, 2.45) is 12.8 Å². The molecule has 220 valence electrons. The van der Waals surface area contributed by atoms with Gasteiger partial charge in [0, 0.05) is 13.1 Å². The number of nitrogens with one attached hydrogen (secondary N) is 2. The monoisotopic (exact) mass is 624 g/mol. The van der Waals surface area contributed by atoms with Crippen LogP contribution < -0.4 is 26.9 Å². The van der Waals surface area contributed by atoms with Gasteiger partial charge in [-0.3, -0.25) is 18.9 Å². The van der Waals surface area contributed by atoms with E-state index in [0.717, 1.165) is 4.57 Å². The first-order valence-corrected chi connectivity index (χ1v) is 15.0. The molecule has 1 fully saturated rings. The highest BCUT2D eigenvalue weighted by atomic mass is 31.3. The lowest BCUT2D eigenvalue weighted by molar-refractivity contribution is -0.745. The normalized spacial score (nSPS) is 24.8. The summed E-state index contributed by atoms with van der Waals surface area (Å²) in [7, 11) is -15.6. The van der Waals surface area contributed by atoms with E-state index >= 15 is 0 Å². The number of phosphoric acid groups is 3. The number of aryl methyl sites for hydroxylation is 1. The Kier molecular flexibility index (Phi) is 9.35. The van der Waals surface area contributed by atoms with Crippen molar-refractivity contribution in [3.63, 3.8) is 0 Å². The van der Waals surface area contributed by atoms with Crippen molar-refractivity contribution >= 4 is 46.7 Å². The minimum atomic E-state index is -5.81. The highest BCUT2D eigenvalue weighted by molar-refractivity contribution is 7.66. The summed E-state index contributed by atoms with van der Waals surface area (Å²) in [5, 5.41) is 13.2. The SMILES string of the molecule is Cn1c[n+]([C@@H]2O[C@H](COP(=O)(O)OP(=O)(O)OP(=O)(O)O)[C@@H](OC(=O)NCCN)[C@H]2O)c2nc(N)[nH]c(=O)c21. The molecule has 0 aromatic carbocycles. The Morgan fingerprint density at radius 2 is 1.92 bits per heavy atom. The molecule has 1 aliphatic heterocycles. The molecule has 3 heterocycles. The zero-order valence-corrected chi connectivity index (χ0v) is 22.3. The van der Waals surface area contributed by atoms with Crippen LogP contribution in [-0.2, 0) is 43.4 Å². The number of carbonyl (C=O) groups excluding carboxylic acids is 1. The molecule has 22 nitrogen and oxygen atoms in total. The van der Waals surface area contributed by atoms with E-state index in [-0.39, 0.29) is 30.2 Å². The summed E-state index contributed by atoms with van der Waals surface area (Å²) in [5.74, 6) is -0.280. The summed E-state index contributed by atoms with van der Waals surface area (Å²) >= 11 is 0. The smallest absolute Gasteiger partial charge is 0.440 e. The maximum atomic E-state index is 12.3. The number of hydrogen-bond acceptors (Lipinski definition) is 14. The second kappa shape index (κ2) is 11.7. The summed E-state index contributed by atoms with van der Waals surface area (Å²) in [6.07, 6.45) is -6.22. The fraction of sp³-hybridized carbons (Fsp3) is 0.571. The fourth-order valence-electron chi connectivity index (χ4n) is 3.49. The molecule has 1 saturated heterocycles. The van der Waals surface area contributed by atoms with Gasteiger partial charge in [-0.1, -0.05) is 4.98 Å². The molecule has 0 spiro atoms. The molecule has 0 saturated carbocycles. The van der Waals surface area contributed by atoms with Crippen LogP contribution in [0.15, 0.2) is 11.1 Å². The molecule has 25 heteroatoms. The second-order valence-corrected chi connectivity index (χ2v) is 12.2. The highest BCUT2D eigenvalue weighted by Gasteiger charge is 2.51. The summed E-state index contributed by atoms with van der Waals surface area (Å²) in [5.41, 5.74) is 10.2. The molecular formula is C14H25N7O15P3+. The average molecular weight is 624 g/mol. The number of ether oxygens (including phenoxy) is 2. The van der Waals surface area contributed by atoms with E-state index in [2.05, 4.69) is 28.4 Å². The van der Waals surface area contributed by atoms with Crippen LogP contribution in [0.5, 0.6) is 0 Å². The van der Waals surface area contributed by atoms with E-state index in [1.54, 1.807) is 0 Å². The Hall–Kier alpha value is -2.29. The number of carbonyl (C=O) groups is 1. The number of imidazole rings is 1. The Morgan fingerprint density at radius 3 is 2.54 bits per heavy atom. The number of alkyl carbamates (subject to hydrolysis) is 1. The number of fused-ring (bicyclic) bond motifs is 1. The van der Waals surface area contributed by atoms with Gasteiger partial charge in [0.25, 0.3) is 11.5 Å². The van der Waals surface area contributed by atoms with E-state index in [1.165, 1.54) is 17.9 Å². The number of hydrogen-bond donors (Lipinski definition) is 9. The molecule has 2 unspecified atom stereocenters. The number of nitrogen functional groups attached to an aromatic ring is 1. The van der Waals surface area contributed by atoms with Gasteiger partial charge in [-0.15, -0.1) is 0 Å². The van der Waals surface area contributed by atoms with Crippen molar-refractivity contribution in [2.75, 3.05) is 25.4 Å². The van der Waals surface area contributed by atoms with Crippen molar-refractivity contribution in [3.8, 4) is 0 Å². The number of aromatic amines is 1. The number of phosphoric ester groups is 1. The molecular weight excluding hydrogens is 599 g/mol. The van der Waals surface area contributed by atoms with Crippen LogP contribution in [0.4, 0.5) is 10.7 Å². The van der Waals surface area contributed by atoms with Crippen LogP contribution in [0, 0.1) is 0 Å². The molecule has 0 bridgehead atoms. The van der Waals surface area contributed by atoms with Gasteiger partial charge in [-0.2, -0.15) is 8.62 Å². The number of anilines is 1. The van der Waals surface area contributed by atoms with Crippen molar-refractivity contribution in [3.05, 3.63) is 16.7 Å². The van der Waals surface area contributed by atoms with Gasteiger partial charge in [0.1, 0.15) is 6.10 Å². The topological polar surface area (TPSA) is 334 Å². The van der Waals surface area contributed by atoms with Crippen LogP contribution in [0.1, 0.15) is 6.23 Å². The first kappa shape index (κ1) is 31.2. The second-order valence-electron chi connectivity index (χ2n) is 7.78. The number of rotatable bonds is 11. The van der Waals surface area contributed by atoms with Gasteiger partial charge in [0.05, 0.1) is 13.7 Å². The molecule has 0 radical (unpaired) electrons. The maximum Gasteiger partial charge on any atom is 0.490 e. The lowest BCUT2D eigenvalue weighted by Crippen LogP contribution is -2.47. The average Bonchev–Trinajstić information content (AvgIpc) is 3.24. The summed E-state index contributed by atoms with van der Waals surface area (Å²) in [6.45, 7) is -1.06. The fourth-order valence-corrected chi connectivity index (χ4v) is 6.52. The molecule has 11 N–H and O–H groups in total. The number of amides is 1. The third-order valence-corrected chi connectivity index (χ3v) is 8.65. The van der Waals surface area contributed by atoms with Crippen LogP contribution in [0.2, 0.25) is 0 Å². The maximum absolute atomic E-state index is 12.3. The lowest BCUT2D eigenvalue weighted by Gasteiger charge is -2.21. The number of aromatic nitrogens is 4. The zero-order valence-electron chi connectivity index (χ0n) is 19.7. The van der Waals surface area contributed by atoms with Crippen molar-refractivity contribution in [1.29, 1.82) is 0 Å². The summed E-state index contributed by atoms with van der Waals surface area (Å²) in [4.78, 5) is 67.1. The molecule has 0 aliphatic carbocycles. The van der Waals surface area contributed by atoms with E-state index in [0.29, 0.717) is 0 Å². The Bertz CT molecular complexity index is 1420. The van der Waals surface area contributed by atoms with Gasteiger partial charge in [0.15, 0.2) is 18.5 Å². The molecule has 1 aliphatic rings. The van der Waals surface area contributed by atoms with Crippen LogP contribution in [0.3, 0.4) is 0 Å². The molecule has 6 atom stereocenters. The van der Waals surface area contributed by atoms with Crippen LogP contribution >= 0.6 is 23.5 Å². The van der Waals surface area contributed by atoms with Gasteiger partial charge >= 0.3 is 35.2 Å². The van der Waals surface area contributed by atoms with Gasteiger partial charge in [0.2, 0.25) is 11.7 Å². The Morgan fingerprint density at radius 1 is 1.26 bits per heavy atom. The Labute approximate surface area is 216 Å². The predicted molar refractivity (Wildman–Crippen MR) is 123 cm³/mol. The van der Waals surface area contributed by atoms with E-state index in [1.807, 2.05) is 0 Å².